The van der Waals surface area contributed by atoms with Gasteiger partial charge in [-0.05, 0) is 88.2 Å². The van der Waals surface area contributed by atoms with E-state index in [4.69, 9.17) is 14.2 Å². The Morgan fingerprint density at radius 1 is 1.02 bits per heavy atom. The average Bonchev–Trinajstić information content (AvgIpc) is 2.88. The van der Waals surface area contributed by atoms with Crippen molar-refractivity contribution in [2.45, 2.75) is 66.2 Å². The van der Waals surface area contributed by atoms with Gasteiger partial charge in [0.05, 0.1) is 36.9 Å². The molecule has 0 fully saturated rings. The van der Waals surface area contributed by atoms with Crippen LogP contribution < -0.4 is 20.3 Å². The number of carbonyl (C=O) groups excluding carboxylic acids is 1. The molecule has 4 rings (SSSR count). The monoisotopic (exact) mass is 545 g/mol. The molecule has 0 bridgehead atoms. The number of nitrogens with one attached hydrogen (secondary N) is 1. The van der Waals surface area contributed by atoms with Crippen LogP contribution in [0.25, 0.3) is 21.7 Å². The van der Waals surface area contributed by atoms with Crippen LogP contribution in [0.2, 0.25) is 0 Å². The number of aromatic nitrogens is 2. The number of methoxy groups -OCH3 is 1. The predicted molar refractivity (Wildman–Crippen MR) is 158 cm³/mol. The van der Waals surface area contributed by atoms with E-state index in [0.717, 1.165) is 34.0 Å². The van der Waals surface area contributed by atoms with Crippen LogP contribution in [-0.2, 0) is 11.3 Å². The van der Waals surface area contributed by atoms with Gasteiger partial charge < -0.3 is 24.1 Å². The maximum absolute atomic E-state index is 13.8. The van der Waals surface area contributed by atoms with Gasteiger partial charge in [0.25, 0.3) is 5.56 Å². The van der Waals surface area contributed by atoms with Gasteiger partial charge in [0, 0.05) is 23.7 Å². The van der Waals surface area contributed by atoms with Crippen LogP contribution in [0.15, 0.2) is 59.5 Å². The van der Waals surface area contributed by atoms with Gasteiger partial charge in [-0.1, -0.05) is 19.1 Å². The van der Waals surface area contributed by atoms with Crippen molar-refractivity contribution in [2.75, 3.05) is 13.7 Å². The Hall–Kier alpha value is -4.07. The first-order valence-corrected chi connectivity index (χ1v) is 13.6. The number of alkyl carbamates (subject to hydrolysis) is 1. The third-order valence-electron chi connectivity index (χ3n) is 6.70. The Bertz CT molecular complexity index is 1550. The van der Waals surface area contributed by atoms with Crippen molar-refractivity contribution in [3.63, 3.8) is 0 Å². The molecule has 0 spiro atoms. The minimum absolute atomic E-state index is 0.0667. The molecule has 212 valence electrons. The first-order valence-electron chi connectivity index (χ1n) is 13.6. The van der Waals surface area contributed by atoms with E-state index in [9.17, 15) is 9.59 Å². The third-order valence-corrected chi connectivity index (χ3v) is 6.70. The summed E-state index contributed by atoms with van der Waals surface area (Å²) in [6, 6.07) is 15.4. The van der Waals surface area contributed by atoms with Crippen LogP contribution in [0.1, 0.15) is 52.3 Å². The van der Waals surface area contributed by atoms with Crippen molar-refractivity contribution in [3.8, 4) is 11.5 Å². The Morgan fingerprint density at radius 3 is 2.40 bits per heavy atom. The summed E-state index contributed by atoms with van der Waals surface area (Å²) in [5.74, 6) is 1.62. The Labute approximate surface area is 235 Å². The molecule has 0 saturated carbocycles. The van der Waals surface area contributed by atoms with E-state index in [1.807, 2.05) is 83.1 Å². The van der Waals surface area contributed by atoms with Gasteiger partial charge in [0.1, 0.15) is 17.1 Å². The molecular weight excluding hydrogens is 506 g/mol. The van der Waals surface area contributed by atoms with Gasteiger partial charge in [-0.25, -0.2) is 4.79 Å². The van der Waals surface area contributed by atoms with Crippen molar-refractivity contribution < 1.29 is 19.0 Å². The van der Waals surface area contributed by atoms with E-state index in [-0.39, 0.29) is 17.5 Å². The number of fused-ring (bicyclic) bond motifs is 3. The zero-order valence-electron chi connectivity index (χ0n) is 24.4. The number of benzene rings is 2. The highest BCUT2D eigenvalue weighted by Crippen LogP contribution is 2.28. The largest absolute Gasteiger partial charge is 0.497 e. The van der Waals surface area contributed by atoms with Crippen molar-refractivity contribution in [2.24, 2.45) is 5.92 Å². The maximum Gasteiger partial charge on any atom is 0.407 e. The van der Waals surface area contributed by atoms with Crippen molar-refractivity contribution in [1.29, 1.82) is 0 Å². The van der Waals surface area contributed by atoms with Crippen LogP contribution in [0, 0.1) is 12.8 Å². The number of aryl methyl sites for hydroxylation is 1. The van der Waals surface area contributed by atoms with Gasteiger partial charge in [0.2, 0.25) is 0 Å². The highest BCUT2D eigenvalue weighted by atomic mass is 16.6. The highest BCUT2D eigenvalue weighted by Gasteiger charge is 2.19. The van der Waals surface area contributed by atoms with Crippen LogP contribution in [0.4, 0.5) is 4.79 Å². The number of hydrogen-bond donors (Lipinski definition) is 1. The number of hydrogen-bond acceptors (Lipinski definition) is 6. The summed E-state index contributed by atoms with van der Waals surface area (Å²) in [6.45, 7) is 12.3. The molecule has 0 aliphatic rings. The molecule has 0 aliphatic heterocycles. The predicted octanol–water partition coefficient (Wildman–Crippen LogP) is 6.23. The molecule has 2 unspecified atom stereocenters. The number of rotatable bonds is 9. The fourth-order valence-electron chi connectivity index (χ4n) is 4.91. The van der Waals surface area contributed by atoms with E-state index in [1.165, 1.54) is 0 Å². The number of carbonyl (C=O) groups is 1. The zero-order valence-corrected chi connectivity index (χ0v) is 24.4. The lowest BCUT2D eigenvalue weighted by Gasteiger charge is -2.23. The quantitative estimate of drug-likeness (QED) is 0.251. The number of pyridine rings is 2. The van der Waals surface area contributed by atoms with E-state index in [1.54, 1.807) is 17.9 Å². The first-order chi connectivity index (χ1) is 18.9. The fourth-order valence-corrected chi connectivity index (χ4v) is 4.91. The molecule has 0 saturated heterocycles. The summed E-state index contributed by atoms with van der Waals surface area (Å²) in [7, 11) is 1.63. The lowest BCUT2D eigenvalue weighted by molar-refractivity contribution is 0.0500. The molecule has 8 nitrogen and oxygen atoms in total. The van der Waals surface area contributed by atoms with E-state index in [2.05, 4.69) is 17.2 Å². The summed E-state index contributed by atoms with van der Waals surface area (Å²) in [5.41, 5.74) is 1.86. The van der Waals surface area contributed by atoms with E-state index < -0.39 is 11.7 Å². The summed E-state index contributed by atoms with van der Waals surface area (Å²) >= 11 is 0. The molecule has 1 amide bonds. The van der Waals surface area contributed by atoms with E-state index in [0.29, 0.717) is 30.0 Å². The molecule has 2 aromatic heterocycles. The average molecular weight is 546 g/mol. The minimum atomic E-state index is -0.538. The number of ether oxygens (including phenoxy) is 3. The maximum atomic E-state index is 13.8. The van der Waals surface area contributed by atoms with Crippen LogP contribution in [-0.4, -0.2) is 41.0 Å². The summed E-state index contributed by atoms with van der Waals surface area (Å²) in [5, 5.41) is 5.35. The fraction of sp³-hybridized carbons (Fsp3) is 0.406. The zero-order chi connectivity index (χ0) is 29.0. The van der Waals surface area contributed by atoms with Gasteiger partial charge in [0.15, 0.2) is 0 Å². The highest BCUT2D eigenvalue weighted by molar-refractivity contribution is 6.06. The molecular formula is C32H39N3O5. The number of nitrogens with zero attached hydrogens (tertiary/aromatic N) is 2. The summed E-state index contributed by atoms with van der Waals surface area (Å²) < 4.78 is 18.6. The normalized spacial score (nSPS) is 13.2. The third kappa shape index (κ3) is 6.92. The van der Waals surface area contributed by atoms with Gasteiger partial charge >= 0.3 is 6.09 Å². The second kappa shape index (κ2) is 12.0. The molecule has 2 atom stereocenters. The lowest BCUT2D eigenvalue weighted by atomic mass is 10.0. The molecule has 2 aromatic carbocycles. The SMILES string of the molecule is COc1ccc(Cn2c(=O)c3c(C)nccc3c3ccc(OCC(C)CC(C)NC(=O)OC(C)(C)C)cc32)cc1. The molecule has 8 heteroatoms. The van der Waals surface area contributed by atoms with E-state index >= 15 is 0 Å². The van der Waals surface area contributed by atoms with Gasteiger partial charge in [-0.15, -0.1) is 0 Å². The second-order valence-electron chi connectivity index (χ2n) is 11.4. The van der Waals surface area contributed by atoms with Gasteiger partial charge in [-0.2, -0.15) is 0 Å². The Kier molecular flexibility index (Phi) is 8.67. The van der Waals surface area contributed by atoms with Crippen LogP contribution in [0.5, 0.6) is 11.5 Å². The molecule has 4 aromatic rings. The molecule has 40 heavy (non-hydrogen) atoms. The smallest absolute Gasteiger partial charge is 0.407 e. The minimum Gasteiger partial charge on any atom is -0.497 e. The summed E-state index contributed by atoms with van der Waals surface area (Å²) in [4.78, 5) is 30.2. The van der Waals surface area contributed by atoms with Gasteiger partial charge in [-0.3, -0.25) is 9.78 Å². The topological polar surface area (TPSA) is 91.7 Å². The van der Waals surface area contributed by atoms with Crippen LogP contribution in [0.3, 0.4) is 0 Å². The van der Waals surface area contributed by atoms with Crippen molar-refractivity contribution >= 4 is 27.8 Å². The standard InChI is InChI=1S/C32H39N3O5/c1-20(16-21(2)34-31(37)40-32(4,5)6)19-39-25-12-13-26-27-14-15-33-22(3)29(27)30(36)35(28(26)17-25)18-23-8-10-24(38-7)11-9-23/h8-15,17,20-21H,16,18-19H2,1-7H3,(H,34,37). The first kappa shape index (κ1) is 28.9. The molecule has 2 heterocycles. The molecule has 1 N–H and O–H groups in total. The summed E-state index contributed by atoms with van der Waals surface area (Å²) in [6.07, 6.45) is 2.05. The van der Waals surface area contributed by atoms with Crippen LogP contribution >= 0.6 is 0 Å². The van der Waals surface area contributed by atoms with Crippen molar-refractivity contribution in [3.05, 3.63) is 76.3 Å². The van der Waals surface area contributed by atoms with Crippen molar-refractivity contribution in [1.82, 2.24) is 14.9 Å². The molecule has 0 radical (unpaired) electrons. The second-order valence-corrected chi connectivity index (χ2v) is 11.4. The lowest BCUT2D eigenvalue weighted by Crippen LogP contribution is -2.38. The molecule has 0 aliphatic carbocycles. The Balaban J connectivity index is 1.58. The Morgan fingerprint density at radius 2 is 1.73 bits per heavy atom. The number of amides is 1.